The summed E-state index contributed by atoms with van der Waals surface area (Å²) in [5.74, 6) is -3.51. The Kier molecular flexibility index (Phi) is 5.69. The van der Waals surface area contributed by atoms with Gasteiger partial charge < -0.3 is 9.30 Å². The zero-order valence-corrected chi connectivity index (χ0v) is 16.4. The molecule has 146 valence electrons. The van der Waals surface area contributed by atoms with Crippen LogP contribution in [0.3, 0.4) is 0 Å². The minimum Gasteiger partial charge on any atom is -0.465 e. The quantitative estimate of drug-likeness (QED) is 0.620. The molecular formula is C20H18F2N2O3S. The predicted octanol–water partition coefficient (Wildman–Crippen LogP) is 3.90. The molecule has 0 aliphatic rings. The maximum Gasteiger partial charge on any atom is 0.326 e. The smallest absolute Gasteiger partial charge is 0.326 e. The fourth-order valence-corrected chi connectivity index (χ4v) is 4.01. The summed E-state index contributed by atoms with van der Waals surface area (Å²) >= 11 is 1.18. The van der Waals surface area contributed by atoms with Crippen LogP contribution >= 0.6 is 11.3 Å². The number of halogens is 2. The number of amides is 1. The van der Waals surface area contributed by atoms with E-state index in [4.69, 9.17) is 4.74 Å². The lowest BCUT2D eigenvalue weighted by Crippen LogP contribution is -2.23. The van der Waals surface area contributed by atoms with Gasteiger partial charge in [0.25, 0.3) is 5.91 Å². The maximum atomic E-state index is 13.9. The van der Waals surface area contributed by atoms with E-state index in [-0.39, 0.29) is 18.0 Å². The van der Waals surface area contributed by atoms with Crippen molar-refractivity contribution in [3.05, 3.63) is 63.5 Å². The zero-order chi connectivity index (χ0) is 20.4. The van der Waals surface area contributed by atoms with Gasteiger partial charge >= 0.3 is 5.97 Å². The highest BCUT2D eigenvalue weighted by Crippen LogP contribution is 2.24. The molecule has 0 atom stereocenters. The van der Waals surface area contributed by atoms with Gasteiger partial charge in [-0.25, -0.2) is 8.78 Å². The Hall–Kier alpha value is -2.87. The topological polar surface area (TPSA) is 60.7 Å². The summed E-state index contributed by atoms with van der Waals surface area (Å²) in [6, 6.07) is 7.00. The van der Waals surface area contributed by atoms with E-state index in [9.17, 15) is 18.4 Å². The van der Waals surface area contributed by atoms with Crippen LogP contribution in [0.1, 0.15) is 28.4 Å². The summed E-state index contributed by atoms with van der Waals surface area (Å²) in [7, 11) is 0. The van der Waals surface area contributed by atoms with Gasteiger partial charge in [0.15, 0.2) is 4.80 Å². The second-order valence-electron chi connectivity index (χ2n) is 6.22. The molecule has 0 saturated carbocycles. The van der Waals surface area contributed by atoms with Crippen molar-refractivity contribution >= 4 is 33.4 Å². The predicted molar refractivity (Wildman–Crippen MR) is 102 cm³/mol. The van der Waals surface area contributed by atoms with Gasteiger partial charge in [-0.3, -0.25) is 9.59 Å². The molecule has 5 nitrogen and oxygen atoms in total. The number of aryl methyl sites for hydroxylation is 2. The molecule has 8 heteroatoms. The molecule has 0 aliphatic carbocycles. The maximum absolute atomic E-state index is 13.9. The number of aromatic nitrogens is 1. The van der Waals surface area contributed by atoms with Crippen molar-refractivity contribution in [2.75, 3.05) is 6.61 Å². The Bertz CT molecular complexity index is 1130. The normalized spacial score (nSPS) is 11.8. The number of hydrogen-bond donors (Lipinski definition) is 0. The first-order valence-electron chi connectivity index (χ1n) is 8.61. The van der Waals surface area contributed by atoms with Gasteiger partial charge in [0.1, 0.15) is 23.7 Å². The minimum atomic E-state index is -1.05. The molecule has 0 aliphatic heterocycles. The van der Waals surface area contributed by atoms with E-state index in [1.54, 1.807) is 6.92 Å². The molecular weight excluding hydrogens is 386 g/mol. The molecule has 0 spiro atoms. The lowest BCUT2D eigenvalue weighted by molar-refractivity contribution is -0.143. The first-order chi connectivity index (χ1) is 13.3. The van der Waals surface area contributed by atoms with Gasteiger partial charge in [-0.15, -0.1) is 0 Å². The van der Waals surface area contributed by atoms with Crippen LogP contribution in [0.4, 0.5) is 8.78 Å². The van der Waals surface area contributed by atoms with Crippen LogP contribution in [-0.4, -0.2) is 23.1 Å². The van der Waals surface area contributed by atoms with Crippen molar-refractivity contribution in [1.82, 2.24) is 4.57 Å². The molecule has 0 N–H and O–H groups in total. The molecule has 0 bridgehead atoms. The third kappa shape index (κ3) is 3.87. The number of benzene rings is 2. The SMILES string of the molecule is CCOC(=O)Cn1c(=NC(=O)c2c(F)cccc2F)sc2c(C)cc(C)cc21. The van der Waals surface area contributed by atoms with E-state index < -0.39 is 29.1 Å². The number of nitrogens with zero attached hydrogens (tertiary/aromatic N) is 2. The van der Waals surface area contributed by atoms with Crippen LogP contribution in [0, 0.1) is 25.5 Å². The van der Waals surface area contributed by atoms with Crippen molar-refractivity contribution in [2.45, 2.75) is 27.3 Å². The molecule has 0 saturated heterocycles. The number of rotatable bonds is 4. The minimum absolute atomic E-state index is 0.164. The van der Waals surface area contributed by atoms with Crippen LogP contribution in [-0.2, 0) is 16.1 Å². The summed E-state index contributed by atoms with van der Waals surface area (Å²) in [5.41, 5.74) is 1.90. The molecule has 0 fully saturated rings. The van der Waals surface area contributed by atoms with E-state index in [1.807, 2.05) is 26.0 Å². The van der Waals surface area contributed by atoms with Gasteiger partial charge in [0, 0.05) is 0 Å². The number of ether oxygens (including phenoxy) is 1. The third-order valence-corrected chi connectivity index (χ3v) is 5.31. The van der Waals surface area contributed by atoms with Crippen molar-refractivity contribution in [3.8, 4) is 0 Å². The number of hydrogen-bond acceptors (Lipinski definition) is 4. The summed E-state index contributed by atoms with van der Waals surface area (Å²) < 4.78 is 35.2. The van der Waals surface area contributed by atoms with Crippen LogP contribution in [0.2, 0.25) is 0 Å². The van der Waals surface area contributed by atoms with E-state index in [0.717, 1.165) is 28.0 Å². The van der Waals surface area contributed by atoms with Gasteiger partial charge in [0.2, 0.25) is 0 Å². The van der Waals surface area contributed by atoms with E-state index in [1.165, 1.54) is 22.0 Å². The van der Waals surface area contributed by atoms with E-state index in [0.29, 0.717) is 5.52 Å². The average molecular weight is 404 g/mol. The Morgan fingerprint density at radius 2 is 1.86 bits per heavy atom. The Morgan fingerprint density at radius 1 is 1.18 bits per heavy atom. The summed E-state index contributed by atoms with van der Waals surface area (Å²) in [6.07, 6.45) is 0. The van der Waals surface area contributed by atoms with Gasteiger partial charge in [-0.05, 0) is 50.1 Å². The molecule has 1 amide bonds. The number of carbonyl (C=O) groups excluding carboxylic acids is 2. The fourth-order valence-electron chi connectivity index (χ4n) is 2.93. The molecule has 0 radical (unpaired) electrons. The highest BCUT2D eigenvalue weighted by Gasteiger charge is 2.18. The molecule has 28 heavy (non-hydrogen) atoms. The van der Waals surface area contributed by atoms with Crippen LogP contribution in [0.15, 0.2) is 35.3 Å². The lowest BCUT2D eigenvalue weighted by Gasteiger charge is -2.06. The number of fused-ring (bicyclic) bond motifs is 1. The molecule has 0 unspecified atom stereocenters. The van der Waals surface area contributed by atoms with Crippen molar-refractivity contribution in [1.29, 1.82) is 0 Å². The monoisotopic (exact) mass is 404 g/mol. The third-order valence-electron chi connectivity index (χ3n) is 4.08. The molecule has 1 heterocycles. The molecule has 3 rings (SSSR count). The van der Waals surface area contributed by atoms with E-state index in [2.05, 4.69) is 4.99 Å². The fraction of sp³-hybridized carbons (Fsp3) is 0.250. The number of thiazole rings is 1. The second kappa shape index (κ2) is 8.02. The van der Waals surface area contributed by atoms with Crippen molar-refractivity contribution in [3.63, 3.8) is 0 Å². The Morgan fingerprint density at radius 3 is 2.50 bits per heavy atom. The number of esters is 1. The summed E-state index contributed by atoms with van der Waals surface area (Å²) in [5, 5.41) is 0. The van der Waals surface area contributed by atoms with Crippen molar-refractivity contribution < 1.29 is 23.1 Å². The van der Waals surface area contributed by atoms with Crippen LogP contribution < -0.4 is 4.80 Å². The highest BCUT2D eigenvalue weighted by molar-refractivity contribution is 7.16. The molecule has 3 aromatic rings. The Balaban J connectivity index is 2.21. The zero-order valence-electron chi connectivity index (χ0n) is 15.6. The highest BCUT2D eigenvalue weighted by atomic mass is 32.1. The lowest BCUT2D eigenvalue weighted by atomic mass is 10.1. The van der Waals surface area contributed by atoms with Crippen LogP contribution in [0.25, 0.3) is 10.2 Å². The largest absolute Gasteiger partial charge is 0.465 e. The number of carbonyl (C=O) groups is 2. The molecule has 1 aromatic heterocycles. The average Bonchev–Trinajstić information content (AvgIpc) is 2.93. The van der Waals surface area contributed by atoms with Crippen LogP contribution in [0.5, 0.6) is 0 Å². The summed E-state index contributed by atoms with van der Waals surface area (Å²) in [6.45, 7) is 5.56. The standard InChI is InChI=1S/C20H18F2N2O3S/c1-4-27-16(25)10-24-15-9-11(2)8-12(3)18(15)28-20(24)23-19(26)17-13(21)6-5-7-14(17)22/h5-9H,4,10H2,1-3H3. The first-order valence-corrected chi connectivity index (χ1v) is 9.42. The van der Waals surface area contributed by atoms with Crippen molar-refractivity contribution in [2.24, 2.45) is 4.99 Å². The second-order valence-corrected chi connectivity index (χ2v) is 7.20. The van der Waals surface area contributed by atoms with Gasteiger partial charge in [-0.1, -0.05) is 23.5 Å². The van der Waals surface area contributed by atoms with Gasteiger partial charge in [0.05, 0.1) is 16.8 Å². The van der Waals surface area contributed by atoms with E-state index >= 15 is 0 Å². The summed E-state index contributed by atoms with van der Waals surface area (Å²) in [4.78, 5) is 28.6. The Labute approximate surface area is 163 Å². The van der Waals surface area contributed by atoms with Gasteiger partial charge in [-0.2, -0.15) is 4.99 Å². The molecule has 2 aromatic carbocycles. The first kappa shape index (κ1) is 19.9.